The standard InChI is InChI=1S/C17H16O6/c1-21-15-7-10(3-6-13(15)19)17(22-2)9-23-14-8-11(18)4-5-12(14)16(17)20/h3-8,18-19H,9H2,1-2H3. The second-order valence-corrected chi connectivity index (χ2v) is 5.22. The Hall–Kier alpha value is -2.73. The Balaban J connectivity index is 2.12. The maximum absolute atomic E-state index is 13.0. The number of hydrogen-bond acceptors (Lipinski definition) is 6. The van der Waals surface area contributed by atoms with E-state index >= 15 is 0 Å². The largest absolute Gasteiger partial charge is 0.508 e. The molecule has 6 nitrogen and oxygen atoms in total. The minimum atomic E-state index is -1.34. The van der Waals surface area contributed by atoms with Crippen LogP contribution in [0, 0.1) is 0 Å². The smallest absolute Gasteiger partial charge is 0.206 e. The number of methoxy groups -OCH3 is 2. The minimum Gasteiger partial charge on any atom is -0.508 e. The molecule has 1 unspecified atom stereocenters. The maximum atomic E-state index is 13.0. The van der Waals surface area contributed by atoms with Gasteiger partial charge in [-0.3, -0.25) is 4.79 Å². The van der Waals surface area contributed by atoms with E-state index in [0.717, 1.165) is 0 Å². The van der Waals surface area contributed by atoms with Crippen molar-refractivity contribution < 1.29 is 29.2 Å². The zero-order valence-electron chi connectivity index (χ0n) is 12.7. The highest BCUT2D eigenvalue weighted by atomic mass is 16.5. The zero-order valence-corrected chi connectivity index (χ0v) is 12.7. The average Bonchev–Trinajstić information content (AvgIpc) is 2.56. The number of carbonyl (C=O) groups is 1. The second-order valence-electron chi connectivity index (χ2n) is 5.22. The molecule has 0 radical (unpaired) electrons. The molecule has 0 aliphatic carbocycles. The third-order valence-electron chi connectivity index (χ3n) is 4.00. The molecule has 2 N–H and O–H groups in total. The SMILES string of the molecule is COc1cc(C2(OC)COc3cc(O)ccc3C2=O)ccc1O. The molecule has 120 valence electrons. The molecule has 0 saturated carbocycles. The van der Waals surface area contributed by atoms with Crippen LogP contribution < -0.4 is 9.47 Å². The molecule has 1 heterocycles. The van der Waals surface area contributed by atoms with E-state index in [1.807, 2.05) is 0 Å². The van der Waals surface area contributed by atoms with Crippen molar-refractivity contribution in [1.82, 2.24) is 0 Å². The van der Waals surface area contributed by atoms with Crippen LogP contribution in [0.5, 0.6) is 23.0 Å². The van der Waals surface area contributed by atoms with Gasteiger partial charge in [-0.25, -0.2) is 0 Å². The first-order chi connectivity index (χ1) is 11.0. The van der Waals surface area contributed by atoms with Gasteiger partial charge in [0, 0.05) is 13.2 Å². The summed E-state index contributed by atoms with van der Waals surface area (Å²) in [6.45, 7) is -0.0489. The lowest BCUT2D eigenvalue weighted by atomic mass is 9.84. The number of ketones is 1. The summed E-state index contributed by atoms with van der Waals surface area (Å²) >= 11 is 0. The monoisotopic (exact) mass is 316 g/mol. The summed E-state index contributed by atoms with van der Waals surface area (Å²) in [6.07, 6.45) is 0. The van der Waals surface area contributed by atoms with E-state index in [-0.39, 0.29) is 29.6 Å². The van der Waals surface area contributed by atoms with Crippen molar-refractivity contribution in [3.63, 3.8) is 0 Å². The van der Waals surface area contributed by atoms with Gasteiger partial charge in [0.05, 0.1) is 12.7 Å². The fourth-order valence-electron chi connectivity index (χ4n) is 2.69. The van der Waals surface area contributed by atoms with Crippen molar-refractivity contribution in [2.45, 2.75) is 5.60 Å². The molecule has 1 atom stereocenters. The average molecular weight is 316 g/mol. The number of hydrogen-bond donors (Lipinski definition) is 2. The van der Waals surface area contributed by atoms with E-state index in [9.17, 15) is 15.0 Å². The van der Waals surface area contributed by atoms with Gasteiger partial charge in [-0.1, -0.05) is 6.07 Å². The summed E-state index contributed by atoms with van der Waals surface area (Å²) in [7, 11) is 2.85. The van der Waals surface area contributed by atoms with E-state index in [1.165, 1.54) is 38.5 Å². The maximum Gasteiger partial charge on any atom is 0.206 e. The Morgan fingerprint density at radius 3 is 2.61 bits per heavy atom. The second kappa shape index (κ2) is 5.48. The van der Waals surface area contributed by atoms with Crippen LogP contribution >= 0.6 is 0 Å². The fraction of sp³-hybridized carbons (Fsp3) is 0.235. The fourth-order valence-corrected chi connectivity index (χ4v) is 2.69. The topological polar surface area (TPSA) is 85.2 Å². The number of carbonyl (C=O) groups excluding carboxylic acids is 1. The first-order valence-electron chi connectivity index (χ1n) is 6.95. The Labute approximate surface area is 132 Å². The van der Waals surface area contributed by atoms with E-state index in [0.29, 0.717) is 16.9 Å². The van der Waals surface area contributed by atoms with Gasteiger partial charge in [0.25, 0.3) is 0 Å². The van der Waals surface area contributed by atoms with Gasteiger partial charge >= 0.3 is 0 Å². The van der Waals surface area contributed by atoms with Crippen molar-refractivity contribution >= 4 is 5.78 Å². The Kier molecular flexibility index (Phi) is 3.61. The van der Waals surface area contributed by atoms with Gasteiger partial charge in [0.15, 0.2) is 17.1 Å². The van der Waals surface area contributed by atoms with Gasteiger partial charge in [-0.05, 0) is 29.8 Å². The number of Topliss-reactive ketones (excluding diaryl/α,β-unsaturated/α-hetero) is 1. The first kappa shape index (κ1) is 15.2. The number of benzene rings is 2. The molecule has 23 heavy (non-hydrogen) atoms. The normalized spacial score (nSPS) is 19.8. The molecule has 0 aromatic heterocycles. The quantitative estimate of drug-likeness (QED) is 0.903. The van der Waals surface area contributed by atoms with E-state index in [2.05, 4.69) is 0 Å². The molecule has 0 spiro atoms. The molecule has 1 aliphatic heterocycles. The number of rotatable bonds is 3. The molecule has 0 fully saturated rings. The predicted octanol–water partition coefficient (Wildman–Crippen LogP) is 2.22. The zero-order chi connectivity index (χ0) is 16.6. The predicted molar refractivity (Wildman–Crippen MR) is 81.3 cm³/mol. The Bertz CT molecular complexity index is 770. The summed E-state index contributed by atoms with van der Waals surface area (Å²) in [5.74, 6) is 0.260. The van der Waals surface area contributed by atoms with E-state index < -0.39 is 5.60 Å². The molecule has 0 amide bonds. The summed E-state index contributed by atoms with van der Waals surface area (Å²) in [5.41, 5.74) is -0.508. The Morgan fingerprint density at radius 2 is 1.91 bits per heavy atom. The number of aromatic hydroxyl groups is 2. The van der Waals surface area contributed by atoms with Gasteiger partial charge in [0.2, 0.25) is 5.78 Å². The van der Waals surface area contributed by atoms with Crippen LogP contribution in [0.2, 0.25) is 0 Å². The summed E-state index contributed by atoms with van der Waals surface area (Å²) < 4.78 is 16.3. The highest BCUT2D eigenvalue weighted by Gasteiger charge is 2.46. The van der Waals surface area contributed by atoms with E-state index in [4.69, 9.17) is 14.2 Å². The molecule has 2 aromatic carbocycles. The van der Waals surface area contributed by atoms with Crippen molar-refractivity contribution in [3.05, 3.63) is 47.5 Å². The van der Waals surface area contributed by atoms with Crippen LogP contribution in [0.25, 0.3) is 0 Å². The molecular weight excluding hydrogens is 300 g/mol. The van der Waals surface area contributed by atoms with Crippen LogP contribution in [0.4, 0.5) is 0 Å². The summed E-state index contributed by atoms with van der Waals surface area (Å²) in [5, 5.41) is 19.2. The molecule has 1 aliphatic rings. The third kappa shape index (κ3) is 2.27. The number of fused-ring (bicyclic) bond motifs is 1. The lowest BCUT2D eigenvalue weighted by molar-refractivity contribution is -0.0346. The summed E-state index contributed by atoms with van der Waals surface area (Å²) in [6, 6.07) is 8.89. The van der Waals surface area contributed by atoms with Crippen LogP contribution in [-0.4, -0.2) is 36.8 Å². The molecule has 2 aromatic rings. The summed E-state index contributed by atoms with van der Waals surface area (Å²) in [4.78, 5) is 13.0. The first-order valence-corrected chi connectivity index (χ1v) is 6.95. The van der Waals surface area contributed by atoms with Gasteiger partial charge < -0.3 is 24.4 Å². The van der Waals surface area contributed by atoms with Crippen molar-refractivity contribution in [3.8, 4) is 23.0 Å². The van der Waals surface area contributed by atoms with Gasteiger partial charge in [-0.15, -0.1) is 0 Å². The van der Waals surface area contributed by atoms with Crippen molar-refractivity contribution in [2.24, 2.45) is 0 Å². The lowest BCUT2D eigenvalue weighted by Crippen LogP contribution is -2.46. The number of phenols is 2. The van der Waals surface area contributed by atoms with Crippen molar-refractivity contribution in [1.29, 1.82) is 0 Å². The molecular formula is C17H16O6. The molecule has 0 saturated heterocycles. The van der Waals surface area contributed by atoms with Gasteiger partial charge in [-0.2, -0.15) is 0 Å². The van der Waals surface area contributed by atoms with Crippen LogP contribution in [0.3, 0.4) is 0 Å². The van der Waals surface area contributed by atoms with Gasteiger partial charge in [0.1, 0.15) is 18.1 Å². The van der Waals surface area contributed by atoms with Crippen LogP contribution in [0.15, 0.2) is 36.4 Å². The minimum absolute atomic E-state index is 0.0211. The number of phenolic OH excluding ortho intramolecular Hbond substituents is 2. The third-order valence-corrected chi connectivity index (χ3v) is 4.00. The molecule has 6 heteroatoms. The highest BCUT2D eigenvalue weighted by Crippen LogP contribution is 2.41. The van der Waals surface area contributed by atoms with Crippen molar-refractivity contribution in [2.75, 3.05) is 20.8 Å². The van der Waals surface area contributed by atoms with Crippen LogP contribution in [-0.2, 0) is 10.3 Å². The highest BCUT2D eigenvalue weighted by molar-refractivity contribution is 6.06. The lowest BCUT2D eigenvalue weighted by Gasteiger charge is -2.35. The van der Waals surface area contributed by atoms with Crippen LogP contribution in [0.1, 0.15) is 15.9 Å². The molecule has 3 rings (SSSR count). The number of ether oxygens (including phenoxy) is 3. The molecule has 0 bridgehead atoms. The Morgan fingerprint density at radius 1 is 1.13 bits per heavy atom. The van der Waals surface area contributed by atoms with E-state index in [1.54, 1.807) is 12.1 Å².